The topological polar surface area (TPSA) is 49.0 Å². The number of aromatic amines is 1. The predicted octanol–water partition coefficient (Wildman–Crippen LogP) is 3.61. The summed E-state index contributed by atoms with van der Waals surface area (Å²) in [5, 5.41) is 0. The van der Waals surface area contributed by atoms with Gasteiger partial charge in [-0.1, -0.05) is 51.1 Å². The summed E-state index contributed by atoms with van der Waals surface area (Å²) in [7, 11) is 0. The minimum atomic E-state index is 0.184. The van der Waals surface area contributed by atoms with Gasteiger partial charge in [-0.2, -0.15) is 0 Å². The quantitative estimate of drug-likeness (QED) is 0.917. The number of hydrogen-bond acceptors (Lipinski definition) is 2. The Morgan fingerprint density at radius 1 is 1.30 bits per heavy atom. The van der Waals surface area contributed by atoms with Gasteiger partial charge in [0.1, 0.15) is 5.82 Å². The molecule has 0 unspecified atom stereocenters. The monoisotopic (exact) mass is 311 g/mol. The Kier molecular flexibility index (Phi) is 4.51. The molecular weight excluding hydrogens is 286 g/mol. The number of H-pyrrole nitrogens is 1. The fourth-order valence-corrected chi connectivity index (χ4v) is 3.29. The van der Waals surface area contributed by atoms with E-state index in [-0.39, 0.29) is 11.8 Å². The molecule has 23 heavy (non-hydrogen) atoms. The van der Waals surface area contributed by atoms with Crippen LogP contribution in [-0.4, -0.2) is 33.9 Å². The minimum Gasteiger partial charge on any atom is -0.345 e. The van der Waals surface area contributed by atoms with E-state index < -0.39 is 0 Å². The molecule has 2 heterocycles. The van der Waals surface area contributed by atoms with E-state index in [1.54, 1.807) is 0 Å². The van der Waals surface area contributed by atoms with E-state index in [0.717, 1.165) is 42.3 Å². The highest BCUT2D eigenvalue weighted by molar-refractivity contribution is 5.79. The fourth-order valence-electron chi connectivity index (χ4n) is 3.29. The van der Waals surface area contributed by atoms with Gasteiger partial charge in [-0.3, -0.25) is 4.79 Å². The van der Waals surface area contributed by atoms with Crippen LogP contribution in [0.25, 0.3) is 11.3 Å². The van der Waals surface area contributed by atoms with Crippen molar-refractivity contribution in [2.45, 2.75) is 39.5 Å². The third kappa shape index (κ3) is 3.31. The number of amides is 1. The van der Waals surface area contributed by atoms with E-state index >= 15 is 0 Å². The van der Waals surface area contributed by atoms with Gasteiger partial charge in [0.05, 0.1) is 5.69 Å². The van der Waals surface area contributed by atoms with Crippen molar-refractivity contribution >= 4 is 5.91 Å². The number of carbonyl (C=O) groups excluding carboxylic acids is 1. The van der Waals surface area contributed by atoms with Crippen molar-refractivity contribution in [3.63, 3.8) is 0 Å². The summed E-state index contributed by atoms with van der Waals surface area (Å²) in [6.07, 6.45) is 1.48. The summed E-state index contributed by atoms with van der Waals surface area (Å²) in [6.45, 7) is 8.05. The van der Waals surface area contributed by atoms with Crippen LogP contribution in [0.4, 0.5) is 0 Å². The highest BCUT2D eigenvalue weighted by Gasteiger charge is 2.33. The molecule has 1 N–H and O–H groups in total. The van der Waals surface area contributed by atoms with Crippen LogP contribution in [0, 0.1) is 5.92 Å². The van der Waals surface area contributed by atoms with E-state index in [2.05, 4.69) is 37.9 Å². The van der Waals surface area contributed by atoms with Crippen LogP contribution in [0.15, 0.2) is 30.3 Å². The molecule has 0 spiro atoms. The molecule has 1 fully saturated rings. The molecule has 0 bridgehead atoms. The van der Waals surface area contributed by atoms with Crippen LogP contribution in [0.1, 0.15) is 44.6 Å². The first kappa shape index (κ1) is 15.8. The Hall–Kier alpha value is -2.10. The molecule has 4 nitrogen and oxygen atoms in total. The molecule has 1 saturated heterocycles. The molecule has 1 aromatic heterocycles. The molecule has 1 aliphatic rings. The van der Waals surface area contributed by atoms with Gasteiger partial charge in [0.15, 0.2) is 0 Å². The standard InChI is InChI=1S/C19H25N3O/c1-4-16-18(14-8-6-5-7-9-14)21-19(20-16)15-10-17(23)22(12-15)11-13(2)3/h5-9,13,15H,4,10-12H2,1-3H3,(H,20,21)/t15-/m1/s1. The number of carbonyl (C=O) groups is 1. The molecule has 3 rings (SSSR count). The van der Waals surface area contributed by atoms with Gasteiger partial charge in [0.2, 0.25) is 5.91 Å². The lowest BCUT2D eigenvalue weighted by Crippen LogP contribution is -2.29. The fraction of sp³-hybridized carbons (Fsp3) is 0.474. The normalized spacial score (nSPS) is 18.2. The second kappa shape index (κ2) is 6.57. The number of aryl methyl sites for hydroxylation is 1. The number of benzene rings is 1. The van der Waals surface area contributed by atoms with Crippen molar-refractivity contribution in [3.05, 3.63) is 41.9 Å². The third-order valence-corrected chi connectivity index (χ3v) is 4.38. The summed E-state index contributed by atoms with van der Waals surface area (Å²) >= 11 is 0. The smallest absolute Gasteiger partial charge is 0.223 e. The van der Waals surface area contributed by atoms with Gasteiger partial charge in [0, 0.05) is 36.7 Å². The maximum Gasteiger partial charge on any atom is 0.223 e. The first-order valence-corrected chi connectivity index (χ1v) is 8.50. The van der Waals surface area contributed by atoms with Gasteiger partial charge in [-0.25, -0.2) is 4.98 Å². The van der Waals surface area contributed by atoms with Crippen molar-refractivity contribution in [3.8, 4) is 11.3 Å². The Bertz CT molecular complexity index is 675. The van der Waals surface area contributed by atoms with Crippen LogP contribution < -0.4 is 0 Å². The zero-order chi connectivity index (χ0) is 16.4. The van der Waals surface area contributed by atoms with E-state index in [0.29, 0.717) is 12.3 Å². The molecular formula is C19H25N3O. The molecule has 0 saturated carbocycles. The number of nitrogens with one attached hydrogen (secondary N) is 1. The van der Waals surface area contributed by atoms with Crippen LogP contribution >= 0.6 is 0 Å². The predicted molar refractivity (Wildman–Crippen MR) is 92.2 cm³/mol. The maximum absolute atomic E-state index is 12.2. The Balaban J connectivity index is 1.85. The van der Waals surface area contributed by atoms with Crippen LogP contribution in [0.2, 0.25) is 0 Å². The number of aromatic nitrogens is 2. The van der Waals surface area contributed by atoms with E-state index in [1.165, 1.54) is 0 Å². The first-order valence-electron chi connectivity index (χ1n) is 8.50. The van der Waals surface area contributed by atoms with Crippen molar-refractivity contribution in [1.82, 2.24) is 14.9 Å². The van der Waals surface area contributed by atoms with Crippen molar-refractivity contribution in [1.29, 1.82) is 0 Å². The first-order chi connectivity index (χ1) is 11.1. The van der Waals surface area contributed by atoms with Crippen molar-refractivity contribution in [2.24, 2.45) is 5.92 Å². The largest absolute Gasteiger partial charge is 0.345 e. The molecule has 4 heteroatoms. The maximum atomic E-state index is 12.2. The summed E-state index contributed by atoms with van der Waals surface area (Å²) in [6, 6.07) is 10.3. The Labute approximate surface area is 137 Å². The lowest BCUT2D eigenvalue weighted by atomic mass is 10.1. The lowest BCUT2D eigenvalue weighted by molar-refractivity contribution is -0.128. The highest BCUT2D eigenvalue weighted by Crippen LogP contribution is 2.30. The van der Waals surface area contributed by atoms with E-state index in [1.807, 2.05) is 23.1 Å². The number of hydrogen-bond donors (Lipinski definition) is 1. The minimum absolute atomic E-state index is 0.184. The second-order valence-corrected chi connectivity index (χ2v) is 6.76. The third-order valence-electron chi connectivity index (χ3n) is 4.38. The van der Waals surface area contributed by atoms with Gasteiger partial charge in [0.25, 0.3) is 0 Å². The summed E-state index contributed by atoms with van der Waals surface area (Å²) < 4.78 is 0. The summed E-state index contributed by atoms with van der Waals surface area (Å²) in [5.74, 6) is 1.89. The molecule has 0 radical (unpaired) electrons. The van der Waals surface area contributed by atoms with E-state index in [4.69, 9.17) is 4.98 Å². The van der Waals surface area contributed by atoms with Gasteiger partial charge in [-0.15, -0.1) is 0 Å². The molecule has 122 valence electrons. The molecule has 1 aliphatic heterocycles. The molecule has 1 aromatic carbocycles. The average Bonchev–Trinajstić information content (AvgIpc) is 3.12. The molecule has 1 atom stereocenters. The number of rotatable bonds is 5. The number of nitrogens with zero attached hydrogens (tertiary/aromatic N) is 2. The number of likely N-dealkylation sites (tertiary alicyclic amines) is 1. The lowest BCUT2D eigenvalue weighted by Gasteiger charge is -2.18. The molecule has 1 amide bonds. The van der Waals surface area contributed by atoms with Crippen LogP contribution in [0.5, 0.6) is 0 Å². The Morgan fingerprint density at radius 3 is 2.70 bits per heavy atom. The molecule has 0 aliphatic carbocycles. The summed E-state index contributed by atoms with van der Waals surface area (Å²) in [5.41, 5.74) is 3.31. The zero-order valence-electron chi connectivity index (χ0n) is 14.2. The van der Waals surface area contributed by atoms with Gasteiger partial charge < -0.3 is 9.88 Å². The van der Waals surface area contributed by atoms with E-state index in [9.17, 15) is 4.79 Å². The van der Waals surface area contributed by atoms with Crippen LogP contribution in [0.3, 0.4) is 0 Å². The van der Waals surface area contributed by atoms with Crippen molar-refractivity contribution < 1.29 is 4.79 Å². The highest BCUT2D eigenvalue weighted by atomic mass is 16.2. The number of imidazole rings is 1. The van der Waals surface area contributed by atoms with Gasteiger partial charge >= 0.3 is 0 Å². The van der Waals surface area contributed by atoms with Crippen LogP contribution in [-0.2, 0) is 11.2 Å². The summed E-state index contributed by atoms with van der Waals surface area (Å²) in [4.78, 5) is 22.5. The SMILES string of the molecule is CCc1[nH]c([C@@H]2CC(=O)N(CC(C)C)C2)nc1-c1ccccc1. The second-order valence-electron chi connectivity index (χ2n) is 6.76. The average molecular weight is 311 g/mol. The van der Waals surface area contributed by atoms with Crippen molar-refractivity contribution in [2.75, 3.05) is 13.1 Å². The zero-order valence-corrected chi connectivity index (χ0v) is 14.2. The Morgan fingerprint density at radius 2 is 2.04 bits per heavy atom. The molecule has 2 aromatic rings. The van der Waals surface area contributed by atoms with Gasteiger partial charge in [-0.05, 0) is 12.3 Å².